The molecule has 0 amide bonds. The van der Waals surface area contributed by atoms with E-state index < -0.39 is 7.12 Å². The molecule has 0 bridgehead atoms. The van der Waals surface area contributed by atoms with Gasteiger partial charge in [-0.15, -0.1) is 0 Å². The highest BCUT2D eigenvalue weighted by Gasteiger charge is 2.26. The molecule has 0 atom stereocenters. The Balaban J connectivity index is 2.35. The topological polar surface area (TPSA) is 29.5 Å². The predicted molar refractivity (Wildman–Crippen MR) is 52.8 cm³/mol. The number of fused-ring (bicyclic) bond motifs is 1. The van der Waals surface area contributed by atoms with Crippen molar-refractivity contribution in [2.75, 3.05) is 0 Å². The molecule has 2 rings (SSSR count). The minimum Gasteiger partial charge on any atom is -0.536 e. The normalized spacial score (nSPS) is 14.6. The zero-order valence-corrected chi connectivity index (χ0v) is 7.95. The highest BCUT2D eigenvalue weighted by atomic mass is 16.5. The molecule has 1 aromatic rings. The smallest absolute Gasteiger partial charge is 0.527 e. The molecule has 1 aliphatic heterocycles. The maximum absolute atomic E-state index is 9.26. The van der Waals surface area contributed by atoms with E-state index in [1.54, 1.807) is 0 Å². The molecule has 0 unspecified atom stereocenters. The Hall–Kier alpha value is -0.955. The second kappa shape index (κ2) is 3.07. The maximum Gasteiger partial charge on any atom is 0.527 e. The fraction of sp³-hybridized carbons (Fsp3) is 0.400. The van der Waals surface area contributed by atoms with E-state index in [4.69, 9.17) is 4.65 Å². The molecule has 1 aromatic carbocycles. The maximum atomic E-state index is 9.26. The Morgan fingerprint density at radius 2 is 2.23 bits per heavy atom. The molecule has 13 heavy (non-hydrogen) atoms. The summed E-state index contributed by atoms with van der Waals surface area (Å²) in [6.45, 7) is 4.29. The van der Waals surface area contributed by atoms with Gasteiger partial charge in [-0.3, -0.25) is 0 Å². The molecule has 2 nitrogen and oxygen atoms in total. The van der Waals surface area contributed by atoms with Crippen LogP contribution in [0.25, 0.3) is 0 Å². The second-order valence-electron chi connectivity index (χ2n) is 3.80. The summed E-state index contributed by atoms with van der Waals surface area (Å²) in [6.07, 6.45) is 0.619. The molecule has 1 heterocycles. The van der Waals surface area contributed by atoms with E-state index in [2.05, 4.69) is 19.9 Å². The highest BCUT2D eigenvalue weighted by Crippen LogP contribution is 2.29. The Morgan fingerprint density at radius 1 is 1.46 bits per heavy atom. The molecular weight excluding hydrogens is 163 g/mol. The third-order valence-corrected chi connectivity index (χ3v) is 2.42. The molecule has 0 radical (unpaired) electrons. The van der Waals surface area contributed by atoms with Gasteiger partial charge in [0.25, 0.3) is 0 Å². The Kier molecular flexibility index (Phi) is 2.04. The van der Waals surface area contributed by atoms with Gasteiger partial charge in [-0.1, -0.05) is 26.0 Å². The summed E-state index contributed by atoms with van der Waals surface area (Å²) in [5, 5.41) is 9.26. The average molecular weight is 176 g/mol. The number of hydrogen-bond donors (Lipinski definition) is 1. The van der Waals surface area contributed by atoms with Crippen molar-refractivity contribution in [2.24, 2.45) is 0 Å². The van der Waals surface area contributed by atoms with Crippen LogP contribution in [-0.4, -0.2) is 12.1 Å². The van der Waals surface area contributed by atoms with Crippen molar-refractivity contribution in [3.63, 3.8) is 0 Å². The van der Waals surface area contributed by atoms with Crippen molar-refractivity contribution in [3.05, 3.63) is 29.3 Å². The lowest BCUT2D eigenvalue weighted by Gasteiger charge is -2.07. The largest absolute Gasteiger partial charge is 0.536 e. The fourth-order valence-corrected chi connectivity index (χ4v) is 1.58. The lowest BCUT2D eigenvalue weighted by molar-refractivity contribution is 0.431. The zero-order chi connectivity index (χ0) is 9.42. The highest BCUT2D eigenvalue weighted by molar-refractivity contribution is 6.44. The minimum absolute atomic E-state index is 0.506. The van der Waals surface area contributed by atoms with Gasteiger partial charge < -0.3 is 9.68 Å². The van der Waals surface area contributed by atoms with Crippen LogP contribution in [0.2, 0.25) is 0 Å². The first kappa shape index (κ1) is 8.63. The first-order valence-corrected chi connectivity index (χ1v) is 4.64. The second-order valence-corrected chi connectivity index (χ2v) is 3.80. The van der Waals surface area contributed by atoms with Crippen molar-refractivity contribution in [2.45, 2.75) is 26.1 Å². The Morgan fingerprint density at radius 3 is 2.92 bits per heavy atom. The van der Waals surface area contributed by atoms with E-state index in [1.165, 1.54) is 5.56 Å². The van der Waals surface area contributed by atoms with Crippen LogP contribution >= 0.6 is 0 Å². The molecule has 1 aliphatic rings. The first-order valence-electron chi connectivity index (χ1n) is 4.64. The number of rotatable bonds is 1. The lowest BCUT2D eigenvalue weighted by atomic mass is 9.84. The third kappa shape index (κ3) is 1.56. The van der Waals surface area contributed by atoms with E-state index in [1.807, 2.05) is 12.1 Å². The zero-order valence-electron chi connectivity index (χ0n) is 7.95. The van der Waals surface area contributed by atoms with Crippen molar-refractivity contribution in [1.29, 1.82) is 0 Å². The SMILES string of the molecule is CC(C)c1ccc2c(c1)OB(O)C2. The van der Waals surface area contributed by atoms with E-state index in [9.17, 15) is 5.02 Å². The van der Waals surface area contributed by atoms with Crippen LogP contribution in [0.15, 0.2) is 18.2 Å². The predicted octanol–water partition coefficient (Wildman–Crippen LogP) is 1.76. The molecule has 0 saturated carbocycles. The minimum atomic E-state index is -0.641. The van der Waals surface area contributed by atoms with Crippen LogP contribution < -0.4 is 4.65 Å². The monoisotopic (exact) mass is 176 g/mol. The summed E-state index contributed by atoms with van der Waals surface area (Å²) >= 11 is 0. The van der Waals surface area contributed by atoms with Gasteiger partial charge in [-0.25, -0.2) is 0 Å². The summed E-state index contributed by atoms with van der Waals surface area (Å²) in [5.41, 5.74) is 2.37. The van der Waals surface area contributed by atoms with Crippen molar-refractivity contribution < 1.29 is 9.68 Å². The van der Waals surface area contributed by atoms with Crippen molar-refractivity contribution >= 4 is 7.12 Å². The molecule has 3 heteroatoms. The van der Waals surface area contributed by atoms with E-state index in [0.717, 1.165) is 11.3 Å². The van der Waals surface area contributed by atoms with Gasteiger partial charge in [0.2, 0.25) is 0 Å². The molecule has 0 fully saturated rings. The van der Waals surface area contributed by atoms with E-state index >= 15 is 0 Å². The summed E-state index contributed by atoms with van der Waals surface area (Å²) in [6, 6.07) is 6.17. The fourth-order valence-electron chi connectivity index (χ4n) is 1.58. The summed E-state index contributed by atoms with van der Waals surface area (Å²) in [5.74, 6) is 1.35. The molecule has 0 aliphatic carbocycles. The van der Waals surface area contributed by atoms with Crippen LogP contribution in [0.3, 0.4) is 0 Å². The van der Waals surface area contributed by atoms with Crippen LogP contribution in [0.4, 0.5) is 0 Å². The van der Waals surface area contributed by atoms with Gasteiger partial charge in [0.15, 0.2) is 0 Å². The quantitative estimate of drug-likeness (QED) is 0.660. The molecular formula is C10H13BO2. The summed E-state index contributed by atoms with van der Waals surface area (Å²) in [7, 11) is -0.641. The summed E-state index contributed by atoms with van der Waals surface area (Å²) in [4.78, 5) is 0. The van der Waals surface area contributed by atoms with Gasteiger partial charge in [0.1, 0.15) is 5.75 Å². The van der Waals surface area contributed by atoms with Crippen LogP contribution in [0.1, 0.15) is 30.9 Å². The molecule has 0 saturated heterocycles. The molecule has 0 spiro atoms. The van der Waals surface area contributed by atoms with E-state index in [-0.39, 0.29) is 0 Å². The van der Waals surface area contributed by atoms with Gasteiger partial charge >= 0.3 is 7.12 Å². The molecule has 1 N–H and O–H groups in total. The van der Waals surface area contributed by atoms with Gasteiger partial charge in [0.05, 0.1) is 0 Å². The Bertz CT molecular complexity index is 323. The van der Waals surface area contributed by atoms with Crippen LogP contribution in [0.5, 0.6) is 5.75 Å². The van der Waals surface area contributed by atoms with Gasteiger partial charge in [0, 0.05) is 6.32 Å². The lowest BCUT2D eigenvalue weighted by Crippen LogP contribution is -2.17. The molecule has 68 valence electrons. The van der Waals surface area contributed by atoms with Crippen LogP contribution in [-0.2, 0) is 6.32 Å². The third-order valence-electron chi connectivity index (χ3n) is 2.42. The summed E-state index contributed by atoms with van der Waals surface area (Å²) < 4.78 is 5.25. The van der Waals surface area contributed by atoms with Gasteiger partial charge in [-0.05, 0) is 23.1 Å². The number of benzene rings is 1. The Labute approximate surface area is 78.7 Å². The van der Waals surface area contributed by atoms with E-state index in [0.29, 0.717) is 12.2 Å². The molecule has 0 aromatic heterocycles. The average Bonchev–Trinajstić information content (AvgIpc) is 2.42. The number of hydrogen-bond acceptors (Lipinski definition) is 2. The first-order chi connectivity index (χ1) is 6.16. The standard InChI is InChI=1S/C10H13BO2/c1-7(2)8-3-4-9-6-11(12)13-10(9)5-8/h3-5,7,12H,6H2,1-2H3. The van der Waals surface area contributed by atoms with Crippen LogP contribution in [0, 0.1) is 0 Å². The van der Waals surface area contributed by atoms with Crippen molar-refractivity contribution in [1.82, 2.24) is 0 Å². The van der Waals surface area contributed by atoms with Crippen molar-refractivity contribution in [3.8, 4) is 5.75 Å². The van der Waals surface area contributed by atoms with Gasteiger partial charge in [-0.2, -0.15) is 0 Å².